The van der Waals surface area contributed by atoms with Crippen LogP contribution in [0.5, 0.6) is 11.5 Å². The molecule has 2 aromatic rings. The van der Waals surface area contributed by atoms with Gasteiger partial charge < -0.3 is 24.8 Å². The zero-order valence-electron chi connectivity index (χ0n) is 21.3. The number of carbonyl (C=O) groups is 2. The Morgan fingerprint density at radius 1 is 1.16 bits per heavy atom. The van der Waals surface area contributed by atoms with Gasteiger partial charge in [0, 0.05) is 36.7 Å². The van der Waals surface area contributed by atoms with Crippen LogP contribution in [0.4, 0.5) is 0 Å². The van der Waals surface area contributed by atoms with Crippen molar-refractivity contribution in [3.63, 3.8) is 0 Å². The first-order valence-electron chi connectivity index (χ1n) is 13.3. The minimum Gasteiger partial charge on any atom is -0.504 e. The van der Waals surface area contributed by atoms with E-state index in [2.05, 4.69) is 5.32 Å². The lowest BCUT2D eigenvalue weighted by Crippen LogP contribution is -2.61. The number of carbonyl (C=O) groups excluding carboxylic acids is 2. The van der Waals surface area contributed by atoms with E-state index < -0.39 is 5.41 Å². The zero-order valence-corrected chi connectivity index (χ0v) is 22.1. The lowest BCUT2D eigenvalue weighted by atomic mass is 9.63. The number of para-hydroxylation sites is 1. The lowest BCUT2D eigenvalue weighted by Gasteiger charge is -2.51. The third-order valence-electron chi connectivity index (χ3n) is 8.44. The van der Waals surface area contributed by atoms with Gasteiger partial charge >= 0.3 is 0 Å². The van der Waals surface area contributed by atoms with Gasteiger partial charge in [0.25, 0.3) is 5.91 Å². The van der Waals surface area contributed by atoms with Gasteiger partial charge in [-0.05, 0) is 68.9 Å². The highest BCUT2D eigenvalue weighted by molar-refractivity contribution is 6.30. The minimum atomic E-state index is -0.526. The summed E-state index contributed by atoms with van der Waals surface area (Å²) in [6.45, 7) is 4.37. The molecule has 198 valence electrons. The molecular weight excluding hydrogens is 492 g/mol. The lowest BCUT2D eigenvalue weighted by molar-refractivity contribution is -0.136. The van der Waals surface area contributed by atoms with E-state index in [1.807, 2.05) is 31.2 Å². The predicted molar refractivity (Wildman–Crippen MR) is 141 cm³/mol. The van der Waals surface area contributed by atoms with E-state index in [9.17, 15) is 14.7 Å². The number of fused-ring (bicyclic) bond motifs is 1. The van der Waals surface area contributed by atoms with E-state index >= 15 is 0 Å². The molecule has 3 aliphatic rings. The Labute approximate surface area is 223 Å². The fourth-order valence-electron chi connectivity index (χ4n) is 6.23. The summed E-state index contributed by atoms with van der Waals surface area (Å²) >= 11 is 6.09. The molecule has 1 aliphatic carbocycles. The molecule has 2 N–H and O–H groups in total. The highest BCUT2D eigenvalue weighted by atomic mass is 35.5. The van der Waals surface area contributed by atoms with Crippen LogP contribution in [0.25, 0.3) is 0 Å². The van der Waals surface area contributed by atoms with Crippen molar-refractivity contribution in [2.75, 3.05) is 32.8 Å². The van der Waals surface area contributed by atoms with Crippen molar-refractivity contribution in [3.8, 4) is 11.5 Å². The van der Waals surface area contributed by atoms with E-state index in [-0.39, 0.29) is 34.6 Å². The van der Waals surface area contributed by atoms with Crippen LogP contribution in [0.1, 0.15) is 61.4 Å². The number of phenols is 1. The molecule has 5 rings (SSSR count). The molecule has 0 unspecified atom stereocenters. The summed E-state index contributed by atoms with van der Waals surface area (Å²) in [6, 6.07) is 12.6. The second kappa shape index (κ2) is 10.5. The molecular formula is C29H35ClN2O5. The summed E-state index contributed by atoms with van der Waals surface area (Å²) in [7, 11) is 0. The Hall–Kier alpha value is -2.77. The van der Waals surface area contributed by atoms with E-state index in [0.717, 1.165) is 37.7 Å². The number of aromatic hydroxyl groups is 1. The Morgan fingerprint density at radius 2 is 1.95 bits per heavy atom. The molecule has 2 atom stereocenters. The van der Waals surface area contributed by atoms with Gasteiger partial charge in [-0.1, -0.05) is 36.2 Å². The molecule has 0 spiro atoms. The van der Waals surface area contributed by atoms with Crippen LogP contribution in [0.2, 0.25) is 5.02 Å². The number of phenolic OH excluding ortho intramolecular Hbond substituents is 1. The molecule has 0 radical (unpaired) electrons. The molecule has 1 saturated carbocycles. The number of nitrogens with zero attached hydrogens (tertiary/aromatic N) is 1. The van der Waals surface area contributed by atoms with Crippen molar-refractivity contribution in [2.24, 2.45) is 5.41 Å². The number of amides is 2. The number of nitrogens with one attached hydrogen (secondary N) is 1. The maximum absolute atomic E-state index is 13.6. The van der Waals surface area contributed by atoms with Gasteiger partial charge in [-0.3, -0.25) is 9.59 Å². The summed E-state index contributed by atoms with van der Waals surface area (Å²) in [6.07, 6.45) is 5.04. The van der Waals surface area contributed by atoms with Gasteiger partial charge in [0.05, 0.1) is 23.7 Å². The normalized spacial score (nSPS) is 24.5. The largest absolute Gasteiger partial charge is 0.504 e. The number of likely N-dealkylation sites (tertiary alicyclic amines) is 1. The number of hydrogen-bond acceptors (Lipinski definition) is 5. The molecule has 0 bridgehead atoms. The first-order chi connectivity index (χ1) is 17.9. The van der Waals surface area contributed by atoms with Gasteiger partial charge in [-0.25, -0.2) is 0 Å². The number of halogens is 1. The average molecular weight is 527 g/mol. The Kier molecular flexibility index (Phi) is 7.37. The highest BCUT2D eigenvalue weighted by Crippen LogP contribution is 2.45. The summed E-state index contributed by atoms with van der Waals surface area (Å²) in [5, 5.41) is 14.6. The van der Waals surface area contributed by atoms with Gasteiger partial charge in [-0.15, -0.1) is 0 Å². The summed E-state index contributed by atoms with van der Waals surface area (Å²) in [5.41, 5.74) is 0.332. The third kappa shape index (κ3) is 4.79. The van der Waals surface area contributed by atoms with Crippen molar-refractivity contribution in [2.45, 2.75) is 57.0 Å². The predicted octanol–water partition coefficient (Wildman–Crippen LogP) is 4.69. The van der Waals surface area contributed by atoms with Crippen molar-refractivity contribution in [1.29, 1.82) is 0 Å². The van der Waals surface area contributed by atoms with Crippen LogP contribution in [0.3, 0.4) is 0 Å². The van der Waals surface area contributed by atoms with E-state index in [4.69, 9.17) is 21.1 Å². The van der Waals surface area contributed by atoms with Crippen LogP contribution in [0.15, 0.2) is 42.5 Å². The zero-order chi connectivity index (χ0) is 26.0. The van der Waals surface area contributed by atoms with Crippen molar-refractivity contribution in [1.82, 2.24) is 10.2 Å². The van der Waals surface area contributed by atoms with Gasteiger partial charge in [0.2, 0.25) is 5.91 Å². The number of hydrogen-bond donors (Lipinski definition) is 2. The maximum atomic E-state index is 13.6. The van der Waals surface area contributed by atoms with Crippen molar-refractivity contribution < 1.29 is 24.2 Å². The molecule has 3 fully saturated rings. The van der Waals surface area contributed by atoms with Crippen LogP contribution in [-0.4, -0.2) is 60.8 Å². The molecule has 2 aromatic carbocycles. The second-order valence-corrected chi connectivity index (χ2v) is 11.0. The number of piperidine rings is 1. The average Bonchev–Trinajstić information content (AvgIpc) is 2.88. The smallest absolute Gasteiger partial charge is 0.257 e. The van der Waals surface area contributed by atoms with Crippen LogP contribution in [-0.2, 0) is 14.9 Å². The molecule has 8 heteroatoms. The maximum Gasteiger partial charge on any atom is 0.257 e. The third-order valence-corrected chi connectivity index (χ3v) is 8.70. The summed E-state index contributed by atoms with van der Waals surface area (Å²) in [5.74, 6) is -0.0245. The van der Waals surface area contributed by atoms with E-state index in [1.54, 1.807) is 23.1 Å². The minimum absolute atomic E-state index is 0.0261. The summed E-state index contributed by atoms with van der Waals surface area (Å²) in [4.78, 5) is 28.9. The Bertz CT molecular complexity index is 1150. The van der Waals surface area contributed by atoms with Crippen molar-refractivity contribution in [3.05, 3.63) is 58.6 Å². The van der Waals surface area contributed by atoms with Crippen LogP contribution < -0.4 is 10.1 Å². The Morgan fingerprint density at radius 3 is 2.65 bits per heavy atom. The number of benzene rings is 2. The van der Waals surface area contributed by atoms with Crippen LogP contribution in [0, 0.1) is 5.41 Å². The quantitative estimate of drug-likeness (QED) is 0.546. The van der Waals surface area contributed by atoms with Gasteiger partial charge in [0.15, 0.2) is 11.5 Å². The second-order valence-electron chi connectivity index (χ2n) is 10.6. The van der Waals surface area contributed by atoms with Gasteiger partial charge in [-0.2, -0.15) is 0 Å². The molecule has 2 heterocycles. The molecule has 7 nitrogen and oxygen atoms in total. The monoisotopic (exact) mass is 526 g/mol. The van der Waals surface area contributed by atoms with Crippen molar-refractivity contribution >= 4 is 23.4 Å². The first-order valence-corrected chi connectivity index (χ1v) is 13.7. The molecule has 2 amide bonds. The molecule has 0 aromatic heterocycles. The van der Waals surface area contributed by atoms with E-state index in [0.29, 0.717) is 50.0 Å². The molecule has 2 aliphatic heterocycles. The fourth-order valence-corrected chi connectivity index (χ4v) is 6.36. The number of rotatable bonds is 7. The SMILES string of the molecule is CCOc1cccc(C(=O)N2CC[C@H]3OCCC[C@@]3(CNC(=O)C3(c4ccc(Cl)cc4)CCC3)C2)c1O. The fraction of sp³-hybridized carbons (Fsp3) is 0.517. The summed E-state index contributed by atoms with van der Waals surface area (Å²) < 4.78 is 11.7. The van der Waals surface area contributed by atoms with Gasteiger partial charge in [0.1, 0.15) is 0 Å². The topological polar surface area (TPSA) is 88.1 Å². The Balaban J connectivity index is 1.34. The highest BCUT2D eigenvalue weighted by Gasteiger charge is 2.50. The standard InChI is InChI=1S/C29H35ClN2O5/c1-2-36-23-7-3-6-22(25(23)33)26(34)32-16-12-24-28(19-32,13-5-17-37-24)18-31-27(35)29(14-4-15-29)20-8-10-21(30)11-9-20/h3,6-11,24,33H,2,4-5,12-19H2,1H3,(H,31,35)/t24-,28-/m1/s1. The van der Waals surface area contributed by atoms with Crippen LogP contribution >= 0.6 is 11.6 Å². The van der Waals surface area contributed by atoms with E-state index in [1.165, 1.54) is 0 Å². The molecule has 2 saturated heterocycles. The number of ether oxygens (including phenoxy) is 2. The first kappa shape index (κ1) is 25.9. The molecule has 37 heavy (non-hydrogen) atoms.